The minimum atomic E-state index is -0.478. The number of hydrogen-bond donors (Lipinski definition) is 0. The summed E-state index contributed by atoms with van der Waals surface area (Å²) in [6.07, 6.45) is 1.19. The highest BCUT2D eigenvalue weighted by Gasteiger charge is 2.12. The van der Waals surface area contributed by atoms with Gasteiger partial charge in [-0.1, -0.05) is 22.0 Å². The summed E-state index contributed by atoms with van der Waals surface area (Å²) in [5, 5.41) is 10.6. The Balaban J connectivity index is 2.33. The molecule has 0 saturated carbocycles. The van der Waals surface area contributed by atoms with Gasteiger partial charge in [0.15, 0.2) is 0 Å². The highest BCUT2D eigenvalue weighted by atomic mass is 79.9. The van der Waals surface area contributed by atoms with Crippen LogP contribution in [0.25, 0.3) is 0 Å². The molecule has 0 aliphatic heterocycles. The zero-order valence-electron chi connectivity index (χ0n) is 10.4. The van der Waals surface area contributed by atoms with Gasteiger partial charge in [0.1, 0.15) is 11.9 Å². The number of halogens is 1. The average molecular weight is 323 g/mol. The van der Waals surface area contributed by atoms with Crippen LogP contribution < -0.4 is 4.74 Å². The fourth-order valence-electron chi connectivity index (χ4n) is 1.54. The smallest absolute Gasteiger partial charge is 0.288 e. The van der Waals surface area contributed by atoms with Crippen molar-refractivity contribution in [1.82, 2.24) is 4.98 Å². The first kappa shape index (κ1) is 13.5. The first-order chi connectivity index (χ1) is 8.97. The summed E-state index contributed by atoms with van der Waals surface area (Å²) < 4.78 is 6.59. The lowest BCUT2D eigenvalue weighted by atomic mass is 10.2. The van der Waals surface area contributed by atoms with Crippen LogP contribution in [0.5, 0.6) is 11.6 Å². The fraction of sp³-hybridized carbons (Fsp3) is 0.154. The van der Waals surface area contributed by atoms with E-state index in [9.17, 15) is 10.1 Å². The third-order valence-corrected chi connectivity index (χ3v) is 3.08. The highest BCUT2D eigenvalue weighted by molar-refractivity contribution is 9.10. The molecule has 0 unspecified atom stereocenters. The van der Waals surface area contributed by atoms with Gasteiger partial charge in [-0.15, -0.1) is 0 Å². The maximum atomic E-state index is 10.6. The van der Waals surface area contributed by atoms with Gasteiger partial charge in [-0.05, 0) is 31.5 Å². The van der Waals surface area contributed by atoms with E-state index in [1.165, 1.54) is 12.3 Å². The molecule has 0 fully saturated rings. The first-order valence-corrected chi connectivity index (χ1v) is 6.31. The van der Waals surface area contributed by atoms with Crippen LogP contribution >= 0.6 is 15.9 Å². The number of nitrogens with zero attached hydrogens (tertiary/aromatic N) is 2. The van der Waals surface area contributed by atoms with Crippen LogP contribution in [0.4, 0.5) is 5.69 Å². The molecule has 0 bridgehead atoms. The molecule has 0 saturated heterocycles. The largest absolute Gasteiger partial charge is 0.438 e. The van der Waals surface area contributed by atoms with E-state index in [0.29, 0.717) is 17.2 Å². The quantitative estimate of drug-likeness (QED) is 0.628. The molecule has 0 aliphatic rings. The molecule has 2 rings (SSSR count). The highest BCUT2D eigenvalue weighted by Crippen LogP contribution is 2.29. The molecule has 5 nitrogen and oxygen atoms in total. The van der Waals surface area contributed by atoms with Crippen molar-refractivity contribution in [2.75, 3.05) is 0 Å². The van der Waals surface area contributed by atoms with Gasteiger partial charge in [0.2, 0.25) is 5.88 Å². The standard InChI is InChI=1S/C13H11BrN2O3/c1-8-3-4-10(14)6-12(8)19-13-9(2)5-11(7-15-13)16(17)18/h3-7H,1-2H3. The van der Waals surface area contributed by atoms with E-state index >= 15 is 0 Å². The van der Waals surface area contributed by atoms with Crippen LogP contribution in [-0.4, -0.2) is 9.91 Å². The molecule has 0 atom stereocenters. The molecule has 1 aromatic heterocycles. The van der Waals surface area contributed by atoms with Crippen molar-refractivity contribution in [2.45, 2.75) is 13.8 Å². The van der Waals surface area contributed by atoms with E-state index < -0.39 is 4.92 Å². The van der Waals surface area contributed by atoms with Gasteiger partial charge >= 0.3 is 0 Å². The molecule has 19 heavy (non-hydrogen) atoms. The summed E-state index contributed by atoms with van der Waals surface area (Å²) in [5.74, 6) is 1.03. The number of nitro groups is 1. The van der Waals surface area contributed by atoms with Crippen LogP contribution in [0.3, 0.4) is 0 Å². The molecule has 0 amide bonds. The minimum Gasteiger partial charge on any atom is -0.438 e. The summed E-state index contributed by atoms with van der Waals surface area (Å²) in [7, 11) is 0. The van der Waals surface area contributed by atoms with Crippen molar-refractivity contribution in [2.24, 2.45) is 0 Å². The van der Waals surface area contributed by atoms with Crippen molar-refractivity contribution in [1.29, 1.82) is 0 Å². The van der Waals surface area contributed by atoms with Gasteiger partial charge in [-0.2, -0.15) is 0 Å². The van der Waals surface area contributed by atoms with Gasteiger partial charge in [0, 0.05) is 16.1 Å². The van der Waals surface area contributed by atoms with Crippen LogP contribution in [0.15, 0.2) is 34.9 Å². The van der Waals surface area contributed by atoms with Gasteiger partial charge < -0.3 is 4.74 Å². The van der Waals surface area contributed by atoms with E-state index in [-0.39, 0.29) is 5.69 Å². The van der Waals surface area contributed by atoms with Crippen molar-refractivity contribution >= 4 is 21.6 Å². The van der Waals surface area contributed by atoms with Crippen LogP contribution in [0.2, 0.25) is 0 Å². The van der Waals surface area contributed by atoms with Crippen LogP contribution in [0.1, 0.15) is 11.1 Å². The Hall–Kier alpha value is -1.95. The normalized spacial score (nSPS) is 10.3. The maximum Gasteiger partial charge on any atom is 0.288 e. The summed E-state index contributed by atoms with van der Waals surface area (Å²) >= 11 is 3.37. The van der Waals surface area contributed by atoms with E-state index in [1.54, 1.807) is 6.92 Å². The van der Waals surface area contributed by atoms with Crippen molar-refractivity contribution < 1.29 is 9.66 Å². The molecular weight excluding hydrogens is 312 g/mol. The third-order valence-electron chi connectivity index (χ3n) is 2.58. The number of benzene rings is 1. The molecule has 98 valence electrons. The Bertz CT molecular complexity index is 644. The summed E-state index contributed by atoms with van der Waals surface area (Å²) in [4.78, 5) is 14.1. The molecule has 0 spiro atoms. The van der Waals surface area contributed by atoms with E-state index in [0.717, 1.165) is 10.0 Å². The minimum absolute atomic E-state index is 0.0455. The number of hydrogen-bond acceptors (Lipinski definition) is 4. The number of ether oxygens (including phenoxy) is 1. The molecule has 1 heterocycles. The predicted molar refractivity (Wildman–Crippen MR) is 74.6 cm³/mol. The van der Waals surface area contributed by atoms with Crippen molar-refractivity contribution in [3.63, 3.8) is 0 Å². The van der Waals surface area contributed by atoms with Gasteiger partial charge in [-0.3, -0.25) is 10.1 Å². The SMILES string of the molecule is Cc1ccc(Br)cc1Oc1ncc([N+](=O)[O-])cc1C. The third kappa shape index (κ3) is 3.08. The topological polar surface area (TPSA) is 65.3 Å². The van der Waals surface area contributed by atoms with Crippen LogP contribution in [-0.2, 0) is 0 Å². The number of pyridine rings is 1. The molecule has 1 aromatic carbocycles. The van der Waals surface area contributed by atoms with Crippen LogP contribution in [0, 0.1) is 24.0 Å². The maximum absolute atomic E-state index is 10.6. The fourth-order valence-corrected chi connectivity index (χ4v) is 1.88. The summed E-state index contributed by atoms with van der Waals surface area (Å²) in [6, 6.07) is 7.10. The van der Waals surface area contributed by atoms with Gasteiger partial charge in [0.25, 0.3) is 5.69 Å². The average Bonchev–Trinajstić information content (AvgIpc) is 2.36. The first-order valence-electron chi connectivity index (χ1n) is 5.52. The number of rotatable bonds is 3. The summed E-state index contributed by atoms with van der Waals surface area (Å²) in [5.41, 5.74) is 1.53. The molecular formula is C13H11BrN2O3. The van der Waals surface area contributed by atoms with Crippen molar-refractivity contribution in [3.8, 4) is 11.6 Å². The van der Waals surface area contributed by atoms with E-state index in [2.05, 4.69) is 20.9 Å². The lowest BCUT2D eigenvalue weighted by molar-refractivity contribution is -0.385. The Kier molecular flexibility index (Phi) is 3.80. The van der Waals surface area contributed by atoms with Gasteiger partial charge in [0.05, 0.1) is 4.92 Å². The Morgan fingerprint density at radius 2 is 2.00 bits per heavy atom. The molecule has 0 aliphatic carbocycles. The molecule has 2 aromatic rings. The monoisotopic (exact) mass is 322 g/mol. The van der Waals surface area contributed by atoms with Crippen molar-refractivity contribution in [3.05, 3.63) is 56.2 Å². The zero-order valence-corrected chi connectivity index (χ0v) is 12.0. The number of aromatic nitrogens is 1. The second kappa shape index (κ2) is 5.36. The van der Waals surface area contributed by atoms with E-state index in [4.69, 9.17) is 4.74 Å². The second-order valence-corrected chi connectivity index (χ2v) is 5.00. The lowest BCUT2D eigenvalue weighted by Gasteiger charge is -2.10. The Labute approximate surface area is 118 Å². The number of aryl methyl sites for hydroxylation is 2. The summed E-state index contributed by atoms with van der Waals surface area (Å²) in [6.45, 7) is 3.64. The predicted octanol–water partition coefficient (Wildman–Crippen LogP) is 4.16. The second-order valence-electron chi connectivity index (χ2n) is 4.08. The Morgan fingerprint density at radius 1 is 1.26 bits per heavy atom. The zero-order chi connectivity index (χ0) is 14.0. The molecule has 6 heteroatoms. The molecule has 0 N–H and O–H groups in total. The van der Waals surface area contributed by atoms with E-state index in [1.807, 2.05) is 25.1 Å². The van der Waals surface area contributed by atoms with Gasteiger partial charge in [-0.25, -0.2) is 4.98 Å². The molecule has 0 radical (unpaired) electrons. The Morgan fingerprint density at radius 3 is 2.63 bits per heavy atom. The lowest BCUT2D eigenvalue weighted by Crippen LogP contribution is -1.96.